The van der Waals surface area contributed by atoms with E-state index in [1.165, 1.54) is 0 Å². The van der Waals surface area contributed by atoms with E-state index in [-0.39, 0.29) is 6.03 Å². The summed E-state index contributed by atoms with van der Waals surface area (Å²) in [6.07, 6.45) is 6.21. The summed E-state index contributed by atoms with van der Waals surface area (Å²) in [6.45, 7) is 1.40. The Kier molecular flexibility index (Phi) is 5.43. The van der Waals surface area contributed by atoms with E-state index in [0.717, 1.165) is 17.4 Å². The predicted molar refractivity (Wildman–Crippen MR) is 83.0 cm³/mol. The molecular formula is C13H14BrClN4O. The van der Waals surface area contributed by atoms with Crippen LogP contribution in [0.15, 0.2) is 41.4 Å². The standard InChI is InChI=1S/C13H14BrClN4O/c14-10-2-3-12(11(15)8-10)18-13(20)17-4-1-6-19-7-5-16-9-19/h2-3,5,7-9H,1,4,6H2,(H2,17,18,20). The zero-order valence-corrected chi connectivity index (χ0v) is 13.0. The lowest BCUT2D eigenvalue weighted by Crippen LogP contribution is -2.30. The van der Waals surface area contributed by atoms with Gasteiger partial charge in [0.15, 0.2) is 0 Å². The summed E-state index contributed by atoms with van der Waals surface area (Å²) in [5, 5.41) is 5.98. The third kappa shape index (κ3) is 4.54. The largest absolute Gasteiger partial charge is 0.338 e. The van der Waals surface area contributed by atoms with Crippen LogP contribution in [0.2, 0.25) is 5.02 Å². The van der Waals surface area contributed by atoms with Gasteiger partial charge in [-0.05, 0) is 24.6 Å². The van der Waals surface area contributed by atoms with Gasteiger partial charge in [-0.25, -0.2) is 9.78 Å². The maximum absolute atomic E-state index is 11.7. The Bertz CT molecular complexity index is 574. The van der Waals surface area contributed by atoms with Crippen molar-refractivity contribution in [2.45, 2.75) is 13.0 Å². The molecule has 2 rings (SSSR count). The first-order valence-electron chi connectivity index (χ1n) is 6.11. The Balaban J connectivity index is 1.72. The Morgan fingerprint density at radius 1 is 1.45 bits per heavy atom. The molecule has 0 fully saturated rings. The number of nitrogens with zero attached hydrogens (tertiary/aromatic N) is 2. The second-order valence-corrected chi connectivity index (χ2v) is 5.48. The van der Waals surface area contributed by atoms with E-state index < -0.39 is 0 Å². The first-order valence-corrected chi connectivity index (χ1v) is 7.28. The highest BCUT2D eigenvalue weighted by Crippen LogP contribution is 2.25. The molecule has 0 saturated heterocycles. The van der Waals surface area contributed by atoms with Gasteiger partial charge in [-0.3, -0.25) is 0 Å². The number of halogens is 2. The van der Waals surface area contributed by atoms with Crippen LogP contribution in [-0.2, 0) is 6.54 Å². The van der Waals surface area contributed by atoms with Crippen molar-refractivity contribution in [3.8, 4) is 0 Å². The monoisotopic (exact) mass is 356 g/mol. The van der Waals surface area contributed by atoms with Gasteiger partial charge >= 0.3 is 6.03 Å². The number of carbonyl (C=O) groups is 1. The molecule has 106 valence electrons. The third-order valence-corrected chi connectivity index (χ3v) is 3.42. The lowest BCUT2D eigenvalue weighted by Gasteiger charge is -2.09. The van der Waals surface area contributed by atoms with Gasteiger partial charge in [0.05, 0.1) is 17.0 Å². The Morgan fingerprint density at radius 2 is 2.30 bits per heavy atom. The van der Waals surface area contributed by atoms with Crippen molar-refractivity contribution in [2.75, 3.05) is 11.9 Å². The molecule has 2 N–H and O–H groups in total. The van der Waals surface area contributed by atoms with Crippen LogP contribution in [0, 0.1) is 0 Å². The van der Waals surface area contributed by atoms with Crippen LogP contribution in [0.3, 0.4) is 0 Å². The van der Waals surface area contributed by atoms with Crippen LogP contribution in [-0.4, -0.2) is 22.1 Å². The van der Waals surface area contributed by atoms with E-state index in [2.05, 4.69) is 31.5 Å². The van der Waals surface area contributed by atoms with Crippen molar-refractivity contribution in [3.05, 3.63) is 46.4 Å². The highest BCUT2D eigenvalue weighted by Gasteiger charge is 2.05. The van der Waals surface area contributed by atoms with Gasteiger partial charge in [-0.2, -0.15) is 0 Å². The van der Waals surface area contributed by atoms with Crippen molar-refractivity contribution in [1.82, 2.24) is 14.9 Å². The highest BCUT2D eigenvalue weighted by molar-refractivity contribution is 9.10. The fourth-order valence-electron chi connectivity index (χ4n) is 1.64. The highest BCUT2D eigenvalue weighted by atomic mass is 79.9. The summed E-state index contributed by atoms with van der Waals surface area (Å²) in [7, 11) is 0. The number of rotatable bonds is 5. The lowest BCUT2D eigenvalue weighted by atomic mass is 10.3. The number of aromatic nitrogens is 2. The predicted octanol–water partition coefficient (Wildman–Crippen LogP) is 3.51. The number of anilines is 1. The number of amides is 2. The second-order valence-electron chi connectivity index (χ2n) is 4.16. The van der Waals surface area contributed by atoms with Crippen LogP contribution in [0.4, 0.5) is 10.5 Å². The van der Waals surface area contributed by atoms with Crippen molar-refractivity contribution < 1.29 is 4.79 Å². The number of urea groups is 1. The number of imidazole rings is 1. The second kappa shape index (κ2) is 7.31. The summed E-state index contributed by atoms with van der Waals surface area (Å²) in [5.41, 5.74) is 0.585. The molecule has 20 heavy (non-hydrogen) atoms. The van der Waals surface area contributed by atoms with Gasteiger partial charge in [-0.15, -0.1) is 0 Å². The van der Waals surface area contributed by atoms with E-state index >= 15 is 0 Å². The smallest absolute Gasteiger partial charge is 0.319 e. The van der Waals surface area contributed by atoms with Gasteiger partial charge in [0.1, 0.15) is 0 Å². The molecule has 0 bridgehead atoms. The van der Waals surface area contributed by atoms with Crippen LogP contribution in [0.1, 0.15) is 6.42 Å². The summed E-state index contributed by atoms with van der Waals surface area (Å²) >= 11 is 9.33. The number of aryl methyl sites for hydroxylation is 1. The van der Waals surface area contributed by atoms with Crippen molar-refractivity contribution in [3.63, 3.8) is 0 Å². The molecule has 0 aliphatic carbocycles. The minimum Gasteiger partial charge on any atom is -0.338 e. The number of hydrogen-bond acceptors (Lipinski definition) is 2. The molecule has 1 aromatic carbocycles. The molecule has 1 heterocycles. The molecule has 0 radical (unpaired) electrons. The normalized spacial score (nSPS) is 10.3. The van der Waals surface area contributed by atoms with E-state index in [1.54, 1.807) is 24.7 Å². The molecule has 0 aliphatic rings. The van der Waals surface area contributed by atoms with Crippen LogP contribution < -0.4 is 10.6 Å². The first kappa shape index (κ1) is 14.9. The minimum atomic E-state index is -0.264. The Morgan fingerprint density at radius 3 is 3.00 bits per heavy atom. The molecule has 2 amide bonds. The molecule has 7 heteroatoms. The molecule has 1 aromatic heterocycles. The summed E-state index contributed by atoms with van der Waals surface area (Å²) in [5.74, 6) is 0. The van der Waals surface area contributed by atoms with E-state index in [4.69, 9.17) is 11.6 Å². The fraction of sp³-hybridized carbons (Fsp3) is 0.231. The fourth-order valence-corrected chi connectivity index (χ4v) is 2.36. The Hall–Kier alpha value is -1.53. The van der Waals surface area contributed by atoms with Crippen molar-refractivity contribution in [1.29, 1.82) is 0 Å². The van der Waals surface area contributed by atoms with Gasteiger partial charge in [-0.1, -0.05) is 27.5 Å². The summed E-state index contributed by atoms with van der Waals surface area (Å²) in [6, 6.07) is 5.04. The average Bonchev–Trinajstić information content (AvgIpc) is 2.91. The lowest BCUT2D eigenvalue weighted by molar-refractivity contribution is 0.252. The molecule has 0 unspecified atom stereocenters. The number of hydrogen-bond donors (Lipinski definition) is 2. The maximum atomic E-state index is 11.7. The third-order valence-electron chi connectivity index (χ3n) is 2.62. The molecule has 0 atom stereocenters. The number of benzene rings is 1. The topological polar surface area (TPSA) is 59.0 Å². The molecule has 0 saturated carbocycles. The van der Waals surface area contributed by atoms with Crippen LogP contribution >= 0.6 is 27.5 Å². The van der Waals surface area contributed by atoms with Gasteiger partial charge in [0.2, 0.25) is 0 Å². The minimum absolute atomic E-state index is 0.264. The van der Waals surface area contributed by atoms with Crippen molar-refractivity contribution in [2.24, 2.45) is 0 Å². The van der Waals surface area contributed by atoms with E-state index in [9.17, 15) is 4.79 Å². The summed E-state index contributed by atoms with van der Waals surface area (Å²) in [4.78, 5) is 15.7. The van der Waals surface area contributed by atoms with Gasteiger partial charge in [0.25, 0.3) is 0 Å². The van der Waals surface area contributed by atoms with Crippen LogP contribution in [0.25, 0.3) is 0 Å². The summed E-state index contributed by atoms with van der Waals surface area (Å²) < 4.78 is 2.83. The number of carbonyl (C=O) groups excluding carboxylic acids is 1. The molecule has 0 aliphatic heterocycles. The maximum Gasteiger partial charge on any atom is 0.319 e. The van der Waals surface area contributed by atoms with E-state index in [0.29, 0.717) is 17.3 Å². The van der Waals surface area contributed by atoms with Crippen molar-refractivity contribution >= 4 is 39.2 Å². The van der Waals surface area contributed by atoms with Gasteiger partial charge < -0.3 is 15.2 Å². The number of nitrogens with one attached hydrogen (secondary N) is 2. The zero-order chi connectivity index (χ0) is 14.4. The molecule has 0 spiro atoms. The zero-order valence-electron chi connectivity index (χ0n) is 10.6. The quantitative estimate of drug-likeness (QED) is 0.805. The molecule has 5 nitrogen and oxygen atoms in total. The SMILES string of the molecule is O=C(NCCCn1ccnc1)Nc1ccc(Br)cc1Cl. The van der Waals surface area contributed by atoms with Gasteiger partial charge in [0, 0.05) is 30.0 Å². The van der Waals surface area contributed by atoms with Crippen LogP contribution in [0.5, 0.6) is 0 Å². The Labute approximate surface area is 130 Å². The first-order chi connectivity index (χ1) is 9.65. The molecular weight excluding hydrogens is 344 g/mol. The van der Waals surface area contributed by atoms with E-state index in [1.807, 2.05) is 16.8 Å². The molecule has 2 aromatic rings. The average molecular weight is 358 g/mol.